The Labute approximate surface area is 186 Å². The zero-order chi connectivity index (χ0) is 23.4. The molecule has 0 atom stereocenters. The van der Waals surface area contributed by atoms with Crippen LogP contribution in [0.2, 0.25) is 0 Å². The van der Waals surface area contributed by atoms with Gasteiger partial charge in [0.2, 0.25) is 5.91 Å². The van der Waals surface area contributed by atoms with Gasteiger partial charge in [0.05, 0.1) is 16.7 Å². The van der Waals surface area contributed by atoms with Crippen LogP contribution in [0.15, 0.2) is 48.5 Å². The maximum atomic E-state index is 14.1. The summed E-state index contributed by atoms with van der Waals surface area (Å²) in [6.45, 7) is 1.80. The SMILES string of the molecule is Cc1ccc(NC(=O)C2(c3ccc4c(c3)OC(F)(F)O4)CC2)nc1-c1ccc(C=O)c(F)c1. The summed E-state index contributed by atoms with van der Waals surface area (Å²) in [7, 11) is 0. The van der Waals surface area contributed by atoms with Gasteiger partial charge < -0.3 is 14.8 Å². The molecule has 1 aliphatic heterocycles. The molecule has 1 fully saturated rings. The number of hydrogen-bond acceptors (Lipinski definition) is 5. The van der Waals surface area contributed by atoms with Gasteiger partial charge in [0, 0.05) is 5.56 Å². The van der Waals surface area contributed by atoms with Crippen molar-refractivity contribution in [1.29, 1.82) is 0 Å². The Bertz CT molecular complexity index is 1300. The van der Waals surface area contributed by atoms with E-state index in [9.17, 15) is 22.8 Å². The first-order valence-corrected chi connectivity index (χ1v) is 10.2. The van der Waals surface area contributed by atoms with Crippen molar-refractivity contribution in [3.05, 3.63) is 71.0 Å². The number of alkyl halides is 2. The van der Waals surface area contributed by atoms with Gasteiger partial charge in [0.15, 0.2) is 17.8 Å². The number of aryl methyl sites for hydroxylation is 1. The predicted octanol–water partition coefficient (Wildman–Crippen LogP) is 5.00. The van der Waals surface area contributed by atoms with Gasteiger partial charge in [0.1, 0.15) is 11.6 Å². The number of anilines is 1. The van der Waals surface area contributed by atoms with E-state index in [0.717, 1.165) is 5.56 Å². The smallest absolute Gasteiger partial charge is 0.395 e. The third-order valence-electron chi connectivity index (χ3n) is 5.88. The van der Waals surface area contributed by atoms with Gasteiger partial charge in [-0.25, -0.2) is 9.37 Å². The van der Waals surface area contributed by atoms with E-state index in [1.165, 1.54) is 24.3 Å². The number of amides is 1. The average molecular weight is 454 g/mol. The summed E-state index contributed by atoms with van der Waals surface area (Å²) in [6, 6.07) is 11.9. The average Bonchev–Trinajstić information content (AvgIpc) is 3.52. The van der Waals surface area contributed by atoms with Crippen LogP contribution in [-0.4, -0.2) is 23.5 Å². The molecular formula is C24H17F3N2O4. The van der Waals surface area contributed by atoms with Crippen LogP contribution in [0.4, 0.5) is 19.0 Å². The quantitative estimate of drug-likeness (QED) is 0.549. The van der Waals surface area contributed by atoms with Crippen molar-refractivity contribution in [3.8, 4) is 22.8 Å². The molecule has 1 aromatic heterocycles. The number of benzene rings is 2. The summed E-state index contributed by atoms with van der Waals surface area (Å²) in [5.41, 5.74) is 1.27. The number of carbonyl (C=O) groups is 2. The second-order valence-electron chi connectivity index (χ2n) is 8.08. The lowest BCUT2D eigenvalue weighted by Gasteiger charge is -2.17. The van der Waals surface area contributed by atoms with Crippen LogP contribution in [0, 0.1) is 12.7 Å². The third kappa shape index (κ3) is 3.69. The standard InChI is InChI=1S/C24H17F3N2O4/c1-13-2-7-20(28-21(13)14-3-4-15(12-30)17(25)10-14)29-22(31)23(8-9-23)16-5-6-18-19(11-16)33-24(26,27)32-18/h2-7,10-12H,8-9H2,1H3,(H,28,29,31). The molecule has 6 nitrogen and oxygen atoms in total. The van der Waals surface area contributed by atoms with E-state index >= 15 is 0 Å². The number of fused-ring (bicyclic) bond motifs is 1. The number of rotatable bonds is 5. The highest BCUT2D eigenvalue weighted by Gasteiger charge is 2.53. The van der Waals surface area contributed by atoms with Gasteiger partial charge in [-0.1, -0.05) is 18.2 Å². The molecule has 0 radical (unpaired) electrons. The molecule has 2 aliphatic rings. The van der Waals surface area contributed by atoms with Crippen molar-refractivity contribution in [2.24, 2.45) is 0 Å². The number of aldehydes is 1. The van der Waals surface area contributed by atoms with Crippen LogP contribution in [0.25, 0.3) is 11.3 Å². The van der Waals surface area contributed by atoms with E-state index in [1.54, 1.807) is 31.2 Å². The number of ether oxygens (including phenoxy) is 2. The molecule has 0 bridgehead atoms. The molecule has 3 aromatic rings. The van der Waals surface area contributed by atoms with E-state index in [0.29, 0.717) is 35.9 Å². The Morgan fingerprint density at radius 1 is 1.06 bits per heavy atom. The summed E-state index contributed by atoms with van der Waals surface area (Å²) in [4.78, 5) is 28.5. The number of pyridine rings is 1. The van der Waals surface area contributed by atoms with Crippen LogP contribution in [0.1, 0.15) is 34.3 Å². The minimum atomic E-state index is -3.73. The van der Waals surface area contributed by atoms with E-state index in [1.807, 2.05) is 0 Å². The van der Waals surface area contributed by atoms with Crippen LogP contribution in [0.3, 0.4) is 0 Å². The summed E-state index contributed by atoms with van der Waals surface area (Å²) in [5.74, 6) is -0.939. The first-order chi connectivity index (χ1) is 15.7. The zero-order valence-electron chi connectivity index (χ0n) is 17.3. The van der Waals surface area contributed by atoms with Crippen molar-refractivity contribution in [1.82, 2.24) is 4.98 Å². The molecule has 0 spiro atoms. The van der Waals surface area contributed by atoms with Crippen molar-refractivity contribution >= 4 is 18.0 Å². The molecule has 1 aliphatic carbocycles. The van der Waals surface area contributed by atoms with Gasteiger partial charge in [0.25, 0.3) is 0 Å². The molecule has 9 heteroatoms. The minimum Gasteiger partial charge on any atom is -0.395 e. The van der Waals surface area contributed by atoms with E-state index < -0.39 is 17.5 Å². The molecule has 1 saturated carbocycles. The maximum Gasteiger partial charge on any atom is 0.586 e. The van der Waals surface area contributed by atoms with Crippen LogP contribution < -0.4 is 14.8 Å². The fraction of sp³-hybridized carbons (Fsp3) is 0.208. The fourth-order valence-corrected chi connectivity index (χ4v) is 3.92. The highest BCUT2D eigenvalue weighted by atomic mass is 19.3. The topological polar surface area (TPSA) is 77.5 Å². The van der Waals surface area contributed by atoms with E-state index in [2.05, 4.69) is 19.8 Å². The predicted molar refractivity (Wildman–Crippen MR) is 112 cm³/mol. The van der Waals surface area contributed by atoms with E-state index in [4.69, 9.17) is 0 Å². The van der Waals surface area contributed by atoms with Gasteiger partial charge >= 0.3 is 6.29 Å². The lowest BCUT2D eigenvalue weighted by Crippen LogP contribution is -2.28. The Morgan fingerprint density at radius 3 is 2.52 bits per heavy atom. The normalized spacial score (nSPS) is 16.8. The number of nitrogens with zero attached hydrogens (tertiary/aromatic N) is 1. The third-order valence-corrected chi connectivity index (χ3v) is 5.88. The number of aromatic nitrogens is 1. The molecule has 0 unspecified atom stereocenters. The summed E-state index contributed by atoms with van der Waals surface area (Å²) >= 11 is 0. The van der Waals surface area contributed by atoms with Crippen molar-refractivity contribution in [3.63, 3.8) is 0 Å². The van der Waals surface area contributed by atoms with Gasteiger partial charge in [-0.15, -0.1) is 8.78 Å². The second kappa shape index (κ2) is 7.33. The van der Waals surface area contributed by atoms with Crippen LogP contribution in [-0.2, 0) is 10.2 Å². The van der Waals surface area contributed by atoms with Crippen molar-refractivity contribution in [2.75, 3.05) is 5.32 Å². The first kappa shape index (κ1) is 21.0. The maximum absolute atomic E-state index is 14.1. The fourth-order valence-electron chi connectivity index (χ4n) is 3.92. The molecule has 33 heavy (non-hydrogen) atoms. The Kier molecular flexibility index (Phi) is 4.66. The Balaban J connectivity index is 1.40. The Hall–Kier alpha value is -3.88. The lowest BCUT2D eigenvalue weighted by atomic mass is 9.94. The second-order valence-corrected chi connectivity index (χ2v) is 8.08. The van der Waals surface area contributed by atoms with Crippen LogP contribution >= 0.6 is 0 Å². The lowest BCUT2D eigenvalue weighted by molar-refractivity contribution is -0.286. The molecule has 0 saturated heterocycles. The first-order valence-electron chi connectivity index (χ1n) is 10.2. The number of carbonyl (C=O) groups excluding carboxylic acids is 2. The number of hydrogen-bond donors (Lipinski definition) is 1. The van der Waals surface area contributed by atoms with E-state index in [-0.39, 0.29) is 28.8 Å². The Morgan fingerprint density at radius 2 is 1.82 bits per heavy atom. The van der Waals surface area contributed by atoms with Crippen molar-refractivity contribution in [2.45, 2.75) is 31.5 Å². The van der Waals surface area contributed by atoms with Crippen molar-refractivity contribution < 1.29 is 32.2 Å². The molecular weight excluding hydrogens is 437 g/mol. The highest BCUT2D eigenvalue weighted by molar-refractivity contribution is 6.01. The molecule has 5 rings (SSSR count). The molecule has 2 aromatic carbocycles. The highest BCUT2D eigenvalue weighted by Crippen LogP contribution is 2.52. The zero-order valence-corrected chi connectivity index (χ0v) is 17.3. The molecule has 1 amide bonds. The molecule has 1 N–H and O–H groups in total. The number of nitrogens with one attached hydrogen (secondary N) is 1. The van der Waals surface area contributed by atoms with Gasteiger partial charge in [-0.05, 0) is 61.2 Å². The number of halogens is 3. The van der Waals surface area contributed by atoms with Crippen LogP contribution in [0.5, 0.6) is 11.5 Å². The molecule has 168 valence electrons. The van der Waals surface area contributed by atoms with Gasteiger partial charge in [-0.3, -0.25) is 9.59 Å². The minimum absolute atomic E-state index is 0.0574. The summed E-state index contributed by atoms with van der Waals surface area (Å²) in [5, 5.41) is 2.78. The van der Waals surface area contributed by atoms with Gasteiger partial charge in [-0.2, -0.15) is 0 Å². The molecule has 2 heterocycles. The largest absolute Gasteiger partial charge is 0.586 e. The summed E-state index contributed by atoms with van der Waals surface area (Å²) < 4.78 is 49.7. The summed E-state index contributed by atoms with van der Waals surface area (Å²) in [6.07, 6.45) is -2.23. The monoisotopic (exact) mass is 454 g/mol.